The monoisotopic (exact) mass is 315 g/mol. The number of aryl methyl sites for hydroxylation is 2. The van der Waals surface area contributed by atoms with Crippen molar-refractivity contribution < 1.29 is 22.7 Å². The highest BCUT2D eigenvalue weighted by atomic mass is 32.2. The van der Waals surface area contributed by atoms with Crippen LogP contribution in [0, 0.1) is 13.8 Å². The smallest absolute Gasteiger partial charge is 0.340 e. The van der Waals surface area contributed by atoms with E-state index in [1.54, 1.807) is 0 Å². The molecule has 21 heavy (non-hydrogen) atoms. The third-order valence-electron chi connectivity index (χ3n) is 2.77. The third-order valence-corrected chi connectivity index (χ3v) is 4.46. The minimum atomic E-state index is -4.12. The summed E-state index contributed by atoms with van der Waals surface area (Å²) in [6.07, 6.45) is 0. The first-order valence-electron chi connectivity index (χ1n) is 5.83. The summed E-state index contributed by atoms with van der Waals surface area (Å²) in [7, 11) is -4.12. The van der Waals surface area contributed by atoms with Gasteiger partial charge in [0.15, 0.2) is 5.82 Å². The molecule has 0 saturated carbocycles. The molecule has 3 N–H and O–H groups in total. The van der Waals surface area contributed by atoms with Crippen molar-refractivity contribution >= 4 is 16.0 Å². The molecule has 2 aromatic rings. The lowest BCUT2D eigenvalue weighted by Crippen LogP contribution is -2.29. The number of nitrogens with zero attached hydrogens (tertiary/aromatic N) is 3. The van der Waals surface area contributed by atoms with E-state index in [9.17, 15) is 13.2 Å². The molecule has 0 bridgehead atoms. The number of H-pyrrole nitrogens is 1. The van der Waals surface area contributed by atoms with E-state index in [0.29, 0.717) is 0 Å². The molecule has 2 rings (SSSR count). The van der Waals surface area contributed by atoms with Gasteiger partial charge in [-0.2, -0.15) is 5.21 Å². The highest BCUT2D eigenvalue weighted by Crippen LogP contribution is 2.27. The van der Waals surface area contributed by atoms with E-state index in [1.165, 1.54) is 20.8 Å². The number of carboxylic acid groups (broad SMARTS) is 1. The quantitative estimate of drug-likeness (QED) is 0.705. The summed E-state index contributed by atoms with van der Waals surface area (Å²) in [6, 6.07) is -0.787. The van der Waals surface area contributed by atoms with Gasteiger partial charge in [-0.25, -0.2) is 17.9 Å². The van der Waals surface area contributed by atoms with Gasteiger partial charge in [-0.1, -0.05) is 5.21 Å². The van der Waals surface area contributed by atoms with Crippen LogP contribution in [0.3, 0.4) is 0 Å². The maximum atomic E-state index is 12.4. The van der Waals surface area contributed by atoms with Crippen LogP contribution in [0.1, 0.15) is 40.7 Å². The molecule has 0 aromatic carbocycles. The highest BCUT2D eigenvalue weighted by Gasteiger charge is 2.32. The zero-order chi connectivity index (χ0) is 15.8. The van der Waals surface area contributed by atoms with E-state index >= 15 is 0 Å². The average Bonchev–Trinajstić information content (AvgIpc) is 2.95. The number of sulfonamides is 1. The van der Waals surface area contributed by atoms with Gasteiger partial charge in [0.2, 0.25) is 10.0 Å². The number of carboxylic acids is 1. The fourth-order valence-corrected chi connectivity index (χ4v) is 3.54. The molecule has 0 fully saturated rings. The lowest BCUT2D eigenvalue weighted by Gasteiger charge is -2.10. The first kappa shape index (κ1) is 15.1. The van der Waals surface area contributed by atoms with Crippen LogP contribution in [0.4, 0.5) is 0 Å². The molecule has 1 atom stereocenters. The summed E-state index contributed by atoms with van der Waals surface area (Å²) in [4.78, 5) is 10.8. The van der Waals surface area contributed by atoms with E-state index in [2.05, 4.69) is 25.3 Å². The Kier molecular flexibility index (Phi) is 3.78. The van der Waals surface area contributed by atoms with Crippen molar-refractivity contribution in [2.75, 3.05) is 0 Å². The number of hydrogen-bond donors (Lipinski definition) is 3. The lowest BCUT2D eigenvalue weighted by atomic mass is 10.2. The molecule has 0 spiro atoms. The summed E-state index contributed by atoms with van der Waals surface area (Å²) in [5, 5.41) is 22.0. The third kappa shape index (κ3) is 2.78. The summed E-state index contributed by atoms with van der Waals surface area (Å²) < 4.78 is 32.2. The molecule has 0 amide bonds. The van der Waals surface area contributed by atoms with E-state index in [4.69, 9.17) is 9.52 Å². The van der Waals surface area contributed by atoms with Gasteiger partial charge >= 0.3 is 5.97 Å². The van der Waals surface area contributed by atoms with E-state index in [-0.39, 0.29) is 22.9 Å². The van der Waals surface area contributed by atoms with E-state index < -0.39 is 26.9 Å². The van der Waals surface area contributed by atoms with Crippen molar-refractivity contribution in [3.8, 4) is 0 Å². The van der Waals surface area contributed by atoms with Crippen LogP contribution in [0.2, 0.25) is 0 Å². The standard InChI is InChI=1S/C10H13N5O5S/c1-4(9-11-14-15-12-9)13-21(18,19)8-6(3)20-5(2)7(8)10(16)17/h4,13H,1-3H3,(H,16,17)(H,11,12,14,15). The molecule has 0 radical (unpaired) electrons. The van der Waals surface area contributed by atoms with Gasteiger partial charge in [0.25, 0.3) is 0 Å². The number of carbonyl (C=O) groups is 1. The van der Waals surface area contributed by atoms with Crippen LogP contribution in [-0.2, 0) is 10.0 Å². The topological polar surface area (TPSA) is 151 Å². The van der Waals surface area contributed by atoms with Crippen molar-refractivity contribution in [3.63, 3.8) is 0 Å². The SMILES string of the molecule is Cc1oc(C)c(S(=O)(=O)NC(C)c2nn[nH]n2)c1C(=O)O. The van der Waals surface area contributed by atoms with E-state index in [0.717, 1.165) is 0 Å². The van der Waals surface area contributed by atoms with Gasteiger partial charge in [-0.15, -0.1) is 10.2 Å². The molecule has 0 aliphatic heterocycles. The molecule has 114 valence electrons. The molecule has 11 heteroatoms. The van der Waals surface area contributed by atoms with Crippen LogP contribution in [0.15, 0.2) is 9.31 Å². The number of furan rings is 1. The minimum Gasteiger partial charge on any atom is -0.478 e. The summed E-state index contributed by atoms with van der Waals surface area (Å²) in [6.45, 7) is 4.27. The zero-order valence-corrected chi connectivity index (χ0v) is 12.2. The number of aromatic amines is 1. The van der Waals surface area contributed by atoms with Gasteiger partial charge in [-0.3, -0.25) is 0 Å². The van der Waals surface area contributed by atoms with Crippen molar-refractivity contribution in [1.82, 2.24) is 25.3 Å². The second-order valence-electron chi connectivity index (χ2n) is 4.34. The maximum absolute atomic E-state index is 12.4. The predicted molar refractivity (Wildman–Crippen MR) is 68.1 cm³/mol. The average molecular weight is 315 g/mol. The molecule has 2 heterocycles. The molecule has 2 aromatic heterocycles. The Morgan fingerprint density at radius 3 is 2.57 bits per heavy atom. The number of hydrogen-bond acceptors (Lipinski definition) is 7. The molecular weight excluding hydrogens is 302 g/mol. The molecule has 0 aliphatic carbocycles. The van der Waals surface area contributed by atoms with Crippen molar-refractivity contribution in [1.29, 1.82) is 0 Å². The van der Waals surface area contributed by atoms with Crippen LogP contribution in [-0.4, -0.2) is 40.1 Å². The first-order valence-corrected chi connectivity index (χ1v) is 7.31. The van der Waals surface area contributed by atoms with Crippen LogP contribution in [0.25, 0.3) is 0 Å². The number of rotatable bonds is 5. The second-order valence-corrected chi connectivity index (χ2v) is 5.99. The van der Waals surface area contributed by atoms with Gasteiger partial charge in [-0.05, 0) is 20.8 Å². The van der Waals surface area contributed by atoms with Gasteiger partial charge in [0.1, 0.15) is 22.0 Å². The molecule has 0 aliphatic rings. The lowest BCUT2D eigenvalue weighted by molar-refractivity contribution is 0.0691. The fourth-order valence-electron chi connectivity index (χ4n) is 1.93. The molecule has 1 unspecified atom stereocenters. The van der Waals surface area contributed by atoms with Crippen LogP contribution in [0.5, 0.6) is 0 Å². The van der Waals surface area contributed by atoms with Crippen molar-refractivity contribution in [2.24, 2.45) is 0 Å². The number of nitrogens with one attached hydrogen (secondary N) is 2. The van der Waals surface area contributed by atoms with Gasteiger partial charge in [0, 0.05) is 0 Å². The number of tetrazole rings is 1. The normalized spacial score (nSPS) is 13.3. The summed E-state index contributed by atoms with van der Waals surface area (Å²) in [5.74, 6) is -1.23. The zero-order valence-electron chi connectivity index (χ0n) is 11.4. The number of aromatic carboxylic acids is 1. The maximum Gasteiger partial charge on any atom is 0.340 e. The van der Waals surface area contributed by atoms with Gasteiger partial charge in [0.05, 0.1) is 6.04 Å². The Morgan fingerprint density at radius 2 is 2.05 bits per heavy atom. The largest absolute Gasteiger partial charge is 0.478 e. The molecular formula is C10H13N5O5S. The predicted octanol–water partition coefficient (Wildman–Crippen LogP) is 0.147. The first-order chi connectivity index (χ1) is 9.74. The minimum absolute atomic E-state index is 0.00212. The van der Waals surface area contributed by atoms with Gasteiger partial charge < -0.3 is 9.52 Å². The molecule has 10 nitrogen and oxygen atoms in total. The van der Waals surface area contributed by atoms with Crippen molar-refractivity contribution in [2.45, 2.75) is 31.7 Å². The van der Waals surface area contributed by atoms with Crippen molar-refractivity contribution in [3.05, 3.63) is 22.9 Å². The Hall–Kier alpha value is -2.27. The van der Waals surface area contributed by atoms with Crippen LogP contribution < -0.4 is 4.72 Å². The highest BCUT2D eigenvalue weighted by molar-refractivity contribution is 7.89. The molecule has 0 saturated heterocycles. The summed E-state index contributed by atoms with van der Waals surface area (Å²) >= 11 is 0. The number of aromatic nitrogens is 4. The summed E-state index contributed by atoms with van der Waals surface area (Å²) in [5.41, 5.74) is -0.389. The van der Waals surface area contributed by atoms with E-state index in [1.807, 2.05) is 0 Å². The fraction of sp³-hybridized carbons (Fsp3) is 0.400. The Balaban J connectivity index is 2.43. The Labute approximate surface area is 119 Å². The van der Waals surface area contributed by atoms with Crippen LogP contribution >= 0.6 is 0 Å². The second kappa shape index (κ2) is 5.26. The Bertz CT molecular complexity index is 764. The Morgan fingerprint density at radius 1 is 1.38 bits per heavy atom.